The summed E-state index contributed by atoms with van der Waals surface area (Å²) in [6.07, 6.45) is 54.4. The molecule has 0 saturated heterocycles. The molecule has 62 heavy (non-hydrogen) atoms. The lowest BCUT2D eigenvalue weighted by molar-refractivity contribution is -0.145. The number of nitrogens with zero attached hydrogens (tertiary/aromatic N) is 1. The summed E-state index contributed by atoms with van der Waals surface area (Å²) < 4.78 is 5.82. The van der Waals surface area contributed by atoms with Gasteiger partial charge in [-0.05, 0) is 89.3 Å². The Balaban J connectivity index is 4.09. The molecule has 0 heterocycles. The first-order valence-electron chi connectivity index (χ1n) is 28.5. The molecular weight excluding hydrogens is 763 g/mol. The van der Waals surface area contributed by atoms with E-state index in [1.807, 2.05) is 0 Å². The van der Waals surface area contributed by atoms with E-state index in [4.69, 9.17) is 4.74 Å². The largest absolute Gasteiger partial charge is 0.465 e. The van der Waals surface area contributed by atoms with E-state index in [2.05, 4.69) is 32.6 Å². The Morgan fingerprint density at radius 2 is 0.710 bits per heavy atom. The molecule has 0 aromatic rings. The van der Waals surface area contributed by atoms with Crippen LogP contribution in [0.2, 0.25) is 0 Å². The summed E-state index contributed by atoms with van der Waals surface area (Å²) >= 11 is 0. The van der Waals surface area contributed by atoms with E-state index in [-0.39, 0.29) is 5.97 Å². The molecule has 2 unspecified atom stereocenters. The van der Waals surface area contributed by atoms with Crippen molar-refractivity contribution in [1.82, 2.24) is 4.90 Å². The van der Waals surface area contributed by atoms with Gasteiger partial charge in [0.2, 0.25) is 0 Å². The zero-order valence-electron chi connectivity index (χ0n) is 42.9. The molecule has 0 bridgehead atoms. The molecule has 2 atom stereocenters. The quantitative estimate of drug-likeness (QED) is 0.0487. The van der Waals surface area contributed by atoms with Gasteiger partial charge in [-0.3, -0.25) is 9.59 Å². The van der Waals surface area contributed by atoms with Gasteiger partial charge < -0.3 is 14.7 Å². The van der Waals surface area contributed by atoms with E-state index in [1.165, 1.54) is 238 Å². The fourth-order valence-corrected chi connectivity index (χ4v) is 9.48. The van der Waals surface area contributed by atoms with Crippen LogP contribution in [0.4, 0.5) is 0 Å². The molecule has 1 N–H and O–H groups in total. The summed E-state index contributed by atoms with van der Waals surface area (Å²) in [6, 6.07) is 0. The van der Waals surface area contributed by atoms with Crippen molar-refractivity contribution in [1.29, 1.82) is 0 Å². The van der Waals surface area contributed by atoms with Gasteiger partial charge >= 0.3 is 5.97 Å². The summed E-state index contributed by atoms with van der Waals surface area (Å²) in [5.41, 5.74) is 0. The summed E-state index contributed by atoms with van der Waals surface area (Å²) in [4.78, 5) is 28.0. The number of hydrogen-bond acceptors (Lipinski definition) is 5. The van der Waals surface area contributed by atoms with Crippen molar-refractivity contribution in [3.8, 4) is 0 Å². The normalized spacial score (nSPS) is 12.7. The average molecular weight is 877 g/mol. The van der Waals surface area contributed by atoms with Crippen LogP contribution in [0.15, 0.2) is 0 Å². The summed E-state index contributed by atoms with van der Waals surface area (Å²) in [5.74, 6) is 1.87. The third kappa shape index (κ3) is 45.6. The number of carbonyl (C=O) groups is 2. The molecule has 0 rings (SSSR count). The van der Waals surface area contributed by atoms with E-state index in [9.17, 15) is 14.7 Å². The highest BCUT2D eigenvalue weighted by Gasteiger charge is 2.14. The average Bonchev–Trinajstić information content (AvgIpc) is 3.27. The molecule has 0 aromatic carbocycles. The minimum absolute atomic E-state index is 0.0247. The molecule has 0 aliphatic heterocycles. The van der Waals surface area contributed by atoms with Crippen LogP contribution in [-0.4, -0.2) is 54.6 Å². The Labute approximate surface area is 389 Å². The van der Waals surface area contributed by atoms with Crippen LogP contribution >= 0.6 is 0 Å². The second-order valence-electron chi connectivity index (χ2n) is 20.0. The molecule has 0 amide bonds. The number of aliphatic hydroxyl groups excluding tert-OH is 1. The van der Waals surface area contributed by atoms with Crippen molar-refractivity contribution >= 4 is 11.8 Å². The molecule has 0 aromatic heterocycles. The van der Waals surface area contributed by atoms with Gasteiger partial charge in [-0.15, -0.1) is 0 Å². The van der Waals surface area contributed by atoms with Crippen LogP contribution in [0.5, 0.6) is 0 Å². The van der Waals surface area contributed by atoms with Gasteiger partial charge in [0.05, 0.1) is 6.61 Å². The SMILES string of the molecule is CCCCCCCCC(CCCCCC)CCC(=O)CCCCCCCCCN(CCCCO)CCCCCCCCCC(=O)OCC(CCCCCC)CCCCCCCC. The number of rotatable bonds is 53. The van der Waals surface area contributed by atoms with Crippen LogP contribution in [0.25, 0.3) is 0 Å². The molecule has 5 heteroatoms. The Morgan fingerprint density at radius 3 is 1.15 bits per heavy atom. The van der Waals surface area contributed by atoms with Crippen LogP contribution < -0.4 is 0 Å². The number of esters is 1. The third-order valence-corrected chi connectivity index (χ3v) is 13.8. The second kappa shape index (κ2) is 51.1. The van der Waals surface area contributed by atoms with Gasteiger partial charge in [-0.25, -0.2) is 0 Å². The van der Waals surface area contributed by atoms with Gasteiger partial charge in [-0.1, -0.05) is 233 Å². The van der Waals surface area contributed by atoms with Gasteiger partial charge in [0.15, 0.2) is 0 Å². The zero-order valence-corrected chi connectivity index (χ0v) is 42.9. The smallest absolute Gasteiger partial charge is 0.305 e. The topological polar surface area (TPSA) is 66.8 Å². The van der Waals surface area contributed by atoms with Crippen molar-refractivity contribution in [2.45, 2.75) is 310 Å². The maximum absolute atomic E-state index is 12.8. The Kier molecular flexibility index (Phi) is 50.3. The monoisotopic (exact) mass is 876 g/mol. The highest BCUT2D eigenvalue weighted by atomic mass is 16.5. The molecule has 0 radical (unpaired) electrons. The number of ether oxygens (including phenoxy) is 1. The predicted octanol–water partition coefficient (Wildman–Crippen LogP) is 17.9. The summed E-state index contributed by atoms with van der Waals surface area (Å²) in [6.45, 7) is 13.6. The lowest BCUT2D eigenvalue weighted by Gasteiger charge is -2.22. The number of carbonyl (C=O) groups excluding carboxylic acids is 2. The molecule has 0 aliphatic rings. The molecule has 5 nitrogen and oxygen atoms in total. The standard InChI is InChI=1S/C57H113NO4/c1-5-9-13-17-25-33-42-54(41-31-15-11-7-3)47-48-56(60)45-35-27-21-19-23-29-37-49-58(51-39-40-52-59)50-38-30-24-20-22-28-36-46-57(61)62-53-55(43-32-16-12-8-4)44-34-26-18-14-10-6-2/h54-55,59H,5-53H2,1-4H3. The van der Waals surface area contributed by atoms with Crippen molar-refractivity contribution in [3.63, 3.8) is 0 Å². The van der Waals surface area contributed by atoms with Gasteiger partial charge in [0.1, 0.15) is 5.78 Å². The highest BCUT2D eigenvalue weighted by Crippen LogP contribution is 2.25. The first-order valence-corrected chi connectivity index (χ1v) is 28.5. The number of aliphatic hydroxyl groups is 1. The Hall–Kier alpha value is -0.940. The minimum Gasteiger partial charge on any atom is -0.465 e. The van der Waals surface area contributed by atoms with E-state index in [0.717, 1.165) is 63.8 Å². The van der Waals surface area contributed by atoms with E-state index >= 15 is 0 Å². The van der Waals surface area contributed by atoms with E-state index in [1.54, 1.807) is 0 Å². The van der Waals surface area contributed by atoms with Crippen LogP contribution in [-0.2, 0) is 14.3 Å². The number of hydrogen-bond donors (Lipinski definition) is 1. The molecule has 0 saturated carbocycles. The van der Waals surface area contributed by atoms with Crippen LogP contribution in [0, 0.1) is 11.8 Å². The summed E-state index contributed by atoms with van der Waals surface area (Å²) in [7, 11) is 0. The molecule has 0 fully saturated rings. The molecule has 370 valence electrons. The van der Waals surface area contributed by atoms with Crippen molar-refractivity contribution in [2.24, 2.45) is 11.8 Å². The fraction of sp³-hybridized carbons (Fsp3) is 0.965. The zero-order chi connectivity index (χ0) is 45.2. The van der Waals surface area contributed by atoms with Crippen molar-refractivity contribution in [2.75, 3.05) is 32.8 Å². The van der Waals surface area contributed by atoms with Crippen molar-refractivity contribution < 1.29 is 19.4 Å². The van der Waals surface area contributed by atoms with Crippen molar-refractivity contribution in [3.05, 3.63) is 0 Å². The van der Waals surface area contributed by atoms with Gasteiger partial charge in [0, 0.05) is 25.9 Å². The van der Waals surface area contributed by atoms with Crippen LogP contribution in [0.3, 0.4) is 0 Å². The van der Waals surface area contributed by atoms with E-state index in [0.29, 0.717) is 31.3 Å². The lowest BCUT2D eigenvalue weighted by Crippen LogP contribution is -2.27. The fourth-order valence-electron chi connectivity index (χ4n) is 9.48. The number of unbranched alkanes of at least 4 members (excludes halogenated alkanes) is 29. The first-order chi connectivity index (χ1) is 30.5. The Morgan fingerprint density at radius 1 is 0.371 bits per heavy atom. The van der Waals surface area contributed by atoms with E-state index < -0.39 is 0 Å². The highest BCUT2D eigenvalue weighted by molar-refractivity contribution is 5.78. The lowest BCUT2D eigenvalue weighted by atomic mass is 9.89. The number of ketones is 1. The molecule has 0 spiro atoms. The minimum atomic E-state index is 0.0247. The van der Waals surface area contributed by atoms with Gasteiger partial charge in [0.25, 0.3) is 0 Å². The second-order valence-corrected chi connectivity index (χ2v) is 20.0. The molecular formula is C57H113NO4. The maximum Gasteiger partial charge on any atom is 0.305 e. The van der Waals surface area contributed by atoms with Crippen LogP contribution in [0.1, 0.15) is 310 Å². The maximum atomic E-state index is 12.8. The van der Waals surface area contributed by atoms with Gasteiger partial charge in [-0.2, -0.15) is 0 Å². The Bertz CT molecular complexity index is 828. The summed E-state index contributed by atoms with van der Waals surface area (Å²) in [5, 5.41) is 9.34. The third-order valence-electron chi connectivity index (χ3n) is 13.8. The molecule has 0 aliphatic carbocycles. The number of Topliss-reactive ketones (excluding diaryl/α,β-unsaturated/α-hetero) is 1. The first kappa shape index (κ1) is 61.1. The predicted molar refractivity (Wildman–Crippen MR) is 272 cm³/mol.